The highest BCUT2D eigenvalue weighted by Gasteiger charge is 2.19. The second kappa shape index (κ2) is 7.08. The second-order valence-corrected chi connectivity index (χ2v) is 6.69. The molecule has 1 fully saturated rings. The fourth-order valence-corrected chi connectivity index (χ4v) is 3.17. The van der Waals surface area contributed by atoms with Crippen molar-refractivity contribution in [2.45, 2.75) is 19.8 Å². The molecule has 2 heterocycles. The minimum atomic E-state index is 0.331. The van der Waals surface area contributed by atoms with E-state index in [1.165, 1.54) is 5.56 Å². The van der Waals surface area contributed by atoms with Crippen LogP contribution in [0.4, 0.5) is 5.82 Å². The number of nitrogens with zero attached hydrogens (tertiary/aromatic N) is 3. The predicted octanol–water partition coefficient (Wildman–Crippen LogP) is 4.29. The highest BCUT2D eigenvalue weighted by Crippen LogP contribution is 2.27. The van der Waals surface area contributed by atoms with Gasteiger partial charge in [0.25, 0.3) is 0 Å². The number of Topliss-reactive ketones (excluding diaryl/α,β-unsaturated/α-hetero) is 1. The van der Waals surface area contributed by atoms with Gasteiger partial charge in [0.1, 0.15) is 11.6 Å². The van der Waals surface area contributed by atoms with Gasteiger partial charge in [0.2, 0.25) is 0 Å². The molecule has 0 aliphatic carbocycles. The van der Waals surface area contributed by atoms with Gasteiger partial charge in [-0.1, -0.05) is 60.2 Å². The minimum Gasteiger partial charge on any atom is -0.356 e. The molecular formula is C22H21N3O. The molecule has 4 rings (SSSR count). The molecule has 0 atom stereocenters. The summed E-state index contributed by atoms with van der Waals surface area (Å²) in [4.78, 5) is 23.4. The Hall–Kier alpha value is -3.01. The molecular weight excluding hydrogens is 322 g/mol. The monoisotopic (exact) mass is 343 g/mol. The quantitative estimate of drug-likeness (QED) is 0.712. The molecule has 0 N–H and O–H groups in total. The zero-order valence-electron chi connectivity index (χ0n) is 14.9. The molecule has 1 saturated heterocycles. The Balaban J connectivity index is 1.79. The lowest BCUT2D eigenvalue weighted by molar-refractivity contribution is -0.119. The van der Waals surface area contributed by atoms with Gasteiger partial charge >= 0.3 is 0 Å². The topological polar surface area (TPSA) is 46.1 Å². The largest absolute Gasteiger partial charge is 0.356 e. The van der Waals surface area contributed by atoms with Gasteiger partial charge in [-0.3, -0.25) is 4.79 Å². The lowest BCUT2D eigenvalue weighted by Crippen LogP contribution is -2.34. The molecule has 130 valence electrons. The van der Waals surface area contributed by atoms with Crippen LogP contribution >= 0.6 is 0 Å². The number of aromatic nitrogens is 2. The van der Waals surface area contributed by atoms with E-state index in [1.807, 2.05) is 24.3 Å². The lowest BCUT2D eigenvalue weighted by Gasteiger charge is -2.27. The first kappa shape index (κ1) is 16.5. The molecule has 0 spiro atoms. The van der Waals surface area contributed by atoms with Crippen molar-refractivity contribution < 1.29 is 4.79 Å². The van der Waals surface area contributed by atoms with Gasteiger partial charge in [-0.15, -0.1) is 0 Å². The Kier molecular flexibility index (Phi) is 4.48. The molecule has 0 saturated carbocycles. The predicted molar refractivity (Wildman–Crippen MR) is 104 cm³/mol. The molecule has 4 heteroatoms. The van der Waals surface area contributed by atoms with E-state index in [0.717, 1.165) is 41.6 Å². The van der Waals surface area contributed by atoms with Crippen LogP contribution in [0, 0.1) is 6.92 Å². The summed E-state index contributed by atoms with van der Waals surface area (Å²) >= 11 is 0. The standard InChI is InChI=1S/C22H21N3O/c1-16-7-9-18(10-8-16)22-23-20(17-5-3-2-4-6-17)15-21(24-22)25-13-11-19(26)12-14-25/h2-10,15H,11-14H2,1H3. The average Bonchev–Trinajstić information content (AvgIpc) is 2.69. The van der Waals surface area contributed by atoms with Crippen molar-refractivity contribution in [3.63, 3.8) is 0 Å². The maximum atomic E-state index is 11.6. The van der Waals surface area contributed by atoms with Crippen LogP contribution in [-0.2, 0) is 4.79 Å². The minimum absolute atomic E-state index is 0.331. The molecule has 1 aromatic heterocycles. The summed E-state index contributed by atoms with van der Waals surface area (Å²) < 4.78 is 0. The zero-order chi connectivity index (χ0) is 17.9. The Morgan fingerprint density at radius 2 is 1.54 bits per heavy atom. The maximum absolute atomic E-state index is 11.6. The van der Waals surface area contributed by atoms with Crippen LogP contribution in [0.5, 0.6) is 0 Å². The van der Waals surface area contributed by atoms with Crippen LogP contribution in [0.1, 0.15) is 18.4 Å². The Morgan fingerprint density at radius 1 is 0.846 bits per heavy atom. The van der Waals surface area contributed by atoms with E-state index in [4.69, 9.17) is 9.97 Å². The fraction of sp³-hybridized carbons (Fsp3) is 0.227. The number of carbonyl (C=O) groups excluding carboxylic acids is 1. The van der Waals surface area contributed by atoms with Crippen LogP contribution < -0.4 is 4.90 Å². The zero-order valence-corrected chi connectivity index (χ0v) is 14.9. The first-order chi connectivity index (χ1) is 12.7. The van der Waals surface area contributed by atoms with Crippen molar-refractivity contribution in [2.75, 3.05) is 18.0 Å². The van der Waals surface area contributed by atoms with Crippen molar-refractivity contribution in [1.29, 1.82) is 0 Å². The third kappa shape index (κ3) is 3.49. The smallest absolute Gasteiger partial charge is 0.162 e. The number of ketones is 1. The lowest BCUT2D eigenvalue weighted by atomic mass is 10.1. The fourth-order valence-electron chi connectivity index (χ4n) is 3.17. The van der Waals surface area contributed by atoms with Gasteiger partial charge in [0, 0.05) is 43.1 Å². The van der Waals surface area contributed by atoms with Crippen LogP contribution in [0.2, 0.25) is 0 Å². The highest BCUT2D eigenvalue weighted by atomic mass is 16.1. The number of hydrogen-bond donors (Lipinski definition) is 0. The second-order valence-electron chi connectivity index (χ2n) is 6.69. The van der Waals surface area contributed by atoms with Crippen molar-refractivity contribution in [2.24, 2.45) is 0 Å². The number of anilines is 1. The van der Waals surface area contributed by atoms with Crippen molar-refractivity contribution in [3.8, 4) is 22.6 Å². The van der Waals surface area contributed by atoms with E-state index in [1.54, 1.807) is 0 Å². The van der Waals surface area contributed by atoms with E-state index in [2.05, 4.69) is 48.2 Å². The molecule has 4 nitrogen and oxygen atoms in total. The number of carbonyl (C=O) groups is 1. The summed E-state index contributed by atoms with van der Waals surface area (Å²) in [6.45, 7) is 3.51. The van der Waals surface area contributed by atoms with E-state index in [0.29, 0.717) is 18.6 Å². The first-order valence-electron chi connectivity index (χ1n) is 8.97. The van der Waals surface area contributed by atoms with E-state index in [9.17, 15) is 4.79 Å². The average molecular weight is 343 g/mol. The maximum Gasteiger partial charge on any atom is 0.162 e. The normalized spacial score (nSPS) is 14.5. The summed E-state index contributed by atoms with van der Waals surface area (Å²) in [6, 6.07) is 20.5. The Morgan fingerprint density at radius 3 is 2.23 bits per heavy atom. The molecule has 0 unspecified atom stereocenters. The van der Waals surface area contributed by atoms with Crippen molar-refractivity contribution in [3.05, 3.63) is 66.2 Å². The van der Waals surface area contributed by atoms with Gasteiger partial charge in [0.15, 0.2) is 5.82 Å². The number of piperidine rings is 1. The van der Waals surface area contributed by atoms with E-state index >= 15 is 0 Å². The number of hydrogen-bond acceptors (Lipinski definition) is 4. The van der Waals surface area contributed by atoms with Crippen molar-refractivity contribution in [1.82, 2.24) is 9.97 Å². The highest BCUT2D eigenvalue weighted by molar-refractivity contribution is 5.81. The van der Waals surface area contributed by atoms with Gasteiger partial charge < -0.3 is 4.90 Å². The number of benzene rings is 2. The van der Waals surface area contributed by atoms with Gasteiger partial charge in [-0.25, -0.2) is 9.97 Å². The SMILES string of the molecule is Cc1ccc(-c2nc(-c3ccccc3)cc(N3CCC(=O)CC3)n2)cc1. The van der Waals surface area contributed by atoms with E-state index in [-0.39, 0.29) is 0 Å². The van der Waals surface area contributed by atoms with Crippen LogP contribution in [0.25, 0.3) is 22.6 Å². The Labute approximate surface area is 153 Å². The van der Waals surface area contributed by atoms with Crippen molar-refractivity contribution >= 4 is 11.6 Å². The molecule has 3 aromatic rings. The summed E-state index contributed by atoms with van der Waals surface area (Å²) in [5, 5.41) is 0. The molecule has 0 bridgehead atoms. The molecule has 1 aliphatic heterocycles. The molecule has 2 aromatic carbocycles. The third-order valence-corrected chi connectivity index (χ3v) is 4.74. The Bertz CT molecular complexity index is 910. The van der Waals surface area contributed by atoms with E-state index < -0.39 is 0 Å². The van der Waals surface area contributed by atoms with Crippen LogP contribution in [-0.4, -0.2) is 28.8 Å². The molecule has 1 aliphatic rings. The summed E-state index contributed by atoms with van der Waals surface area (Å²) in [5.74, 6) is 1.94. The van der Waals surface area contributed by atoms with Gasteiger partial charge in [-0.2, -0.15) is 0 Å². The summed E-state index contributed by atoms with van der Waals surface area (Å²) in [7, 11) is 0. The molecule has 0 amide bonds. The molecule has 26 heavy (non-hydrogen) atoms. The van der Waals surface area contributed by atoms with Crippen LogP contribution in [0.15, 0.2) is 60.7 Å². The molecule has 0 radical (unpaired) electrons. The summed E-state index contributed by atoms with van der Waals surface area (Å²) in [6.07, 6.45) is 1.18. The van der Waals surface area contributed by atoms with Crippen LogP contribution in [0.3, 0.4) is 0 Å². The van der Waals surface area contributed by atoms with Gasteiger partial charge in [0.05, 0.1) is 5.69 Å². The number of rotatable bonds is 3. The van der Waals surface area contributed by atoms with Gasteiger partial charge in [-0.05, 0) is 6.92 Å². The first-order valence-corrected chi connectivity index (χ1v) is 8.97. The summed E-state index contributed by atoms with van der Waals surface area (Å²) in [5.41, 5.74) is 4.19. The third-order valence-electron chi connectivity index (χ3n) is 4.74. The number of aryl methyl sites for hydroxylation is 1.